The lowest BCUT2D eigenvalue weighted by Crippen LogP contribution is -2.01. The van der Waals surface area contributed by atoms with Crippen molar-refractivity contribution in [3.8, 4) is 11.4 Å². The van der Waals surface area contributed by atoms with E-state index in [0.29, 0.717) is 29.0 Å². The van der Waals surface area contributed by atoms with E-state index in [0.717, 1.165) is 16.8 Å². The van der Waals surface area contributed by atoms with Crippen molar-refractivity contribution in [2.45, 2.75) is 13.5 Å². The summed E-state index contributed by atoms with van der Waals surface area (Å²) in [4.78, 5) is 11.9. The highest BCUT2D eigenvalue weighted by Gasteiger charge is 2.20. The van der Waals surface area contributed by atoms with E-state index in [2.05, 4.69) is 0 Å². The monoisotopic (exact) mass is 357 g/mol. The molecule has 0 aliphatic carbocycles. The maximum Gasteiger partial charge on any atom is 0.338 e. The van der Waals surface area contributed by atoms with Gasteiger partial charge in [0.25, 0.3) is 0 Å². The van der Waals surface area contributed by atoms with Gasteiger partial charge in [-0.15, -0.1) is 0 Å². The third kappa shape index (κ3) is 3.17. The normalized spacial score (nSPS) is 10.9. The number of carboxylic acid groups (broad SMARTS) is 1. The number of benzene rings is 3. The smallest absolute Gasteiger partial charge is 0.338 e. The standard InChI is InChI=1S/C23H19NO3/c1-16-22(23(25)26)20-14-19(27-15-17-8-4-2-5-9-17)12-13-21(20)24(16)18-10-6-3-7-11-18/h2-14H,15H2,1H3,(H,25,26). The molecule has 0 saturated carbocycles. The Hall–Kier alpha value is -3.53. The first-order chi connectivity index (χ1) is 13.1. The predicted octanol–water partition coefficient (Wildman–Crippen LogP) is 5.22. The number of aromatic nitrogens is 1. The summed E-state index contributed by atoms with van der Waals surface area (Å²) in [5.41, 5.74) is 3.85. The number of fused-ring (bicyclic) bond motifs is 1. The summed E-state index contributed by atoms with van der Waals surface area (Å²) in [5, 5.41) is 10.4. The van der Waals surface area contributed by atoms with Gasteiger partial charge in [0, 0.05) is 16.8 Å². The van der Waals surface area contributed by atoms with Gasteiger partial charge in [0.15, 0.2) is 0 Å². The number of carboxylic acids is 1. The van der Waals surface area contributed by atoms with Gasteiger partial charge < -0.3 is 14.4 Å². The molecular weight excluding hydrogens is 338 g/mol. The van der Waals surface area contributed by atoms with Crippen LogP contribution in [0.1, 0.15) is 21.6 Å². The number of hydrogen-bond acceptors (Lipinski definition) is 2. The van der Waals surface area contributed by atoms with Gasteiger partial charge in [-0.1, -0.05) is 48.5 Å². The van der Waals surface area contributed by atoms with Crippen molar-refractivity contribution in [1.82, 2.24) is 4.57 Å². The van der Waals surface area contributed by atoms with E-state index >= 15 is 0 Å². The average molecular weight is 357 g/mol. The van der Waals surface area contributed by atoms with Crippen molar-refractivity contribution < 1.29 is 14.6 Å². The summed E-state index contributed by atoms with van der Waals surface area (Å²) in [6.07, 6.45) is 0. The number of para-hydroxylation sites is 1. The van der Waals surface area contributed by atoms with Crippen LogP contribution in [-0.4, -0.2) is 15.6 Å². The number of carbonyl (C=O) groups is 1. The topological polar surface area (TPSA) is 51.5 Å². The van der Waals surface area contributed by atoms with Crippen molar-refractivity contribution in [2.24, 2.45) is 0 Å². The summed E-state index contributed by atoms with van der Waals surface area (Å²) >= 11 is 0. The average Bonchev–Trinajstić information content (AvgIpc) is 2.99. The summed E-state index contributed by atoms with van der Waals surface area (Å²) < 4.78 is 7.86. The SMILES string of the molecule is Cc1c(C(=O)O)c2cc(OCc3ccccc3)ccc2n1-c1ccccc1. The quantitative estimate of drug-likeness (QED) is 0.533. The number of hydrogen-bond donors (Lipinski definition) is 1. The molecule has 0 bridgehead atoms. The minimum Gasteiger partial charge on any atom is -0.489 e. The van der Waals surface area contributed by atoms with Gasteiger partial charge in [0.1, 0.15) is 12.4 Å². The second-order valence-corrected chi connectivity index (χ2v) is 6.39. The van der Waals surface area contributed by atoms with Gasteiger partial charge in [-0.2, -0.15) is 0 Å². The Morgan fingerprint density at radius 1 is 0.963 bits per heavy atom. The molecule has 1 N–H and O–H groups in total. The molecule has 134 valence electrons. The zero-order valence-corrected chi connectivity index (χ0v) is 14.9. The molecule has 4 aromatic rings. The van der Waals surface area contributed by atoms with Crippen LogP contribution in [0.15, 0.2) is 78.9 Å². The molecular formula is C23H19NO3. The molecule has 0 aliphatic rings. The van der Waals surface area contributed by atoms with Crippen LogP contribution < -0.4 is 4.74 Å². The first-order valence-corrected chi connectivity index (χ1v) is 8.75. The van der Waals surface area contributed by atoms with Crippen molar-refractivity contribution in [3.63, 3.8) is 0 Å². The maximum atomic E-state index is 11.9. The Bertz CT molecular complexity index is 1100. The molecule has 0 amide bonds. The Labute approximate surface area is 157 Å². The molecule has 0 radical (unpaired) electrons. The van der Waals surface area contributed by atoms with Gasteiger partial charge in [-0.05, 0) is 42.8 Å². The number of aromatic carboxylic acids is 1. The molecule has 4 nitrogen and oxygen atoms in total. The largest absolute Gasteiger partial charge is 0.489 e. The van der Waals surface area contributed by atoms with Gasteiger partial charge in [0.05, 0.1) is 11.1 Å². The fraction of sp³-hybridized carbons (Fsp3) is 0.0870. The zero-order chi connectivity index (χ0) is 18.8. The lowest BCUT2D eigenvalue weighted by Gasteiger charge is -2.09. The number of ether oxygens (including phenoxy) is 1. The van der Waals surface area contributed by atoms with Crippen LogP contribution in [0.2, 0.25) is 0 Å². The van der Waals surface area contributed by atoms with Crippen LogP contribution in [-0.2, 0) is 6.61 Å². The molecule has 0 unspecified atom stereocenters. The minimum atomic E-state index is -0.938. The highest BCUT2D eigenvalue weighted by molar-refractivity contribution is 6.06. The minimum absolute atomic E-state index is 0.305. The lowest BCUT2D eigenvalue weighted by atomic mass is 10.1. The van der Waals surface area contributed by atoms with Gasteiger partial charge in [-0.3, -0.25) is 0 Å². The number of nitrogens with zero attached hydrogens (tertiary/aromatic N) is 1. The van der Waals surface area contributed by atoms with Crippen molar-refractivity contribution in [1.29, 1.82) is 0 Å². The first kappa shape index (κ1) is 16.9. The first-order valence-electron chi connectivity index (χ1n) is 8.75. The van der Waals surface area contributed by atoms with Crippen molar-refractivity contribution >= 4 is 16.9 Å². The van der Waals surface area contributed by atoms with E-state index in [1.807, 2.05) is 90.4 Å². The summed E-state index contributed by atoms with van der Waals surface area (Å²) in [7, 11) is 0. The molecule has 0 spiro atoms. The fourth-order valence-electron chi connectivity index (χ4n) is 3.41. The lowest BCUT2D eigenvalue weighted by molar-refractivity contribution is 0.0698. The van der Waals surface area contributed by atoms with Crippen molar-refractivity contribution in [3.05, 3.63) is 95.7 Å². The maximum absolute atomic E-state index is 11.9. The highest BCUT2D eigenvalue weighted by atomic mass is 16.5. The Morgan fingerprint density at radius 2 is 1.63 bits per heavy atom. The molecule has 0 fully saturated rings. The zero-order valence-electron chi connectivity index (χ0n) is 14.9. The van der Waals surface area contributed by atoms with E-state index in [1.165, 1.54) is 0 Å². The fourth-order valence-corrected chi connectivity index (χ4v) is 3.41. The molecule has 0 atom stereocenters. The summed E-state index contributed by atoms with van der Waals surface area (Å²) in [6, 6.07) is 25.3. The summed E-state index contributed by atoms with van der Waals surface area (Å²) in [5.74, 6) is -0.286. The van der Waals surface area contributed by atoms with Crippen LogP contribution in [0.25, 0.3) is 16.6 Å². The van der Waals surface area contributed by atoms with E-state index in [4.69, 9.17) is 4.74 Å². The van der Waals surface area contributed by atoms with Crippen LogP contribution in [0.5, 0.6) is 5.75 Å². The van der Waals surface area contributed by atoms with Crippen LogP contribution in [0.3, 0.4) is 0 Å². The Kier molecular flexibility index (Phi) is 4.38. The van der Waals surface area contributed by atoms with Crippen LogP contribution >= 0.6 is 0 Å². The molecule has 3 aromatic carbocycles. The van der Waals surface area contributed by atoms with E-state index in [-0.39, 0.29) is 0 Å². The highest BCUT2D eigenvalue weighted by Crippen LogP contribution is 2.32. The molecule has 0 saturated heterocycles. The van der Waals surface area contributed by atoms with Crippen LogP contribution in [0, 0.1) is 6.92 Å². The predicted molar refractivity (Wildman–Crippen MR) is 106 cm³/mol. The van der Waals surface area contributed by atoms with E-state index < -0.39 is 5.97 Å². The van der Waals surface area contributed by atoms with Gasteiger partial charge in [-0.25, -0.2) is 4.79 Å². The van der Waals surface area contributed by atoms with Crippen LogP contribution in [0.4, 0.5) is 0 Å². The third-order valence-electron chi connectivity index (χ3n) is 4.65. The van der Waals surface area contributed by atoms with Gasteiger partial charge >= 0.3 is 5.97 Å². The number of rotatable bonds is 5. The molecule has 4 rings (SSSR count). The molecule has 27 heavy (non-hydrogen) atoms. The summed E-state index contributed by atoms with van der Waals surface area (Å²) in [6.45, 7) is 2.27. The molecule has 0 aliphatic heterocycles. The third-order valence-corrected chi connectivity index (χ3v) is 4.65. The Morgan fingerprint density at radius 3 is 2.30 bits per heavy atom. The van der Waals surface area contributed by atoms with Crippen molar-refractivity contribution in [2.75, 3.05) is 0 Å². The molecule has 4 heteroatoms. The molecule has 1 aromatic heterocycles. The molecule has 1 heterocycles. The van der Waals surface area contributed by atoms with E-state index in [1.54, 1.807) is 0 Å². The van der Waals surface area contributed by atoms with Gasteiger partial charge in [0.2, 0.25) is 0 Å². The van der Waals surface area contributed by atoms with E-state index in [9.17, 15) is 9.90 Å². The second-order valence-electron chi connectivity index (χ2n) is 6.39. The Balaban J connectivity index is 1.79. The second kappa shape index (κ2) is 7.00.